The van der Waals surface area contributed by atoms with E-state index in [2.05, 4.69) is 9.97 Å². The van der Waals surface area contributed by atoms with E-state index >= 15 is 0 Å². The second-order valence-electron chi connectivity index (χ2n) is 4.95. The average Bonchev–Trinajstić information content (AvgIpc) is 2.82. The standard InChI is InChI=1S/C15H12ClN3O3/c1-8-5-11-13(17-8)18-14(9-3-2-4-10(16)6-9)19(15(11)22)7-12(20)21/h2-6,17H,7H2,1H3,(H,20,21). The number of rotatable bonds is 3. The highest BCUT2D eigenvalue weighted by molar-refractivity contribution is 6.30. The second-order valence-corrected chi connectivity index (χ2v) is 5.38. The van der Waals surface area contributed by atoms with Gasteiger partial charge in [-0.1, -0.05) is 23.7 Å². The number of carboxylic acid groups (broad SMARTS) is 1. The topological polar surface area (TPSA) is 88.0 Å². The molecular formula is C15H12ClN3O3. The molecule has 0 saturated carbocycles. The normalized spacial score (nSPS) is 11.0. The number of carbonyl (C=O) groups is 1. The first-order valence-electron chi connectivity index (χ1n) is 6.53. The number of nitrogens with zero attached hydrogens (tertiary/aromatic N) is 2. The van der Waals surface area contributed by atoms with Gasteiger partial charge in [-0.3, -0.25) is 14.2 Å². The lowest BCUT2D eigenvalue weighted by Crippen LogP contribution is -2.26. The van der Waals surface area contributed by atoms with E-state index in [4.69, 9.17) is 16.7 Å². The van der Waals surface area contributed by atoms with Crippen LogP contribution in [-0.4, -0.2) is 25.6 Å². The minimum Gasteiger partial charge on any atom is -0.480 e. The van der Waals surface area contributed by atoms with E-state index in [1.54, 1.807) is 30.3 Å². The van der Waals surface area contributed by atoms with E-state index in [9.17, 15) is 9.59 Å². The van der Waals surface area contributed by atoms with Crippen molar-refractivity contribution in [2.24, 2.45) is 0 Å². The van der Waals surface area contributed by atoms with Crippen LogP contribution in [0.15, 0.2) is 35.1 Å². The Morgan fingerprint density at radius 3 is 2.86 bits per heavy atom. The van der Waals surface area contributed by atoms with Gasteiger partial charge in [-0.2, -0.15) is 0 Å². The van der Waals surface area contributed by atoms with Crippen LogP contribution in [0.1, 0.15) is 5.69 Å². The Kier molecular flexibility index (Phi) is 3.46. The zero-order valence-electron chi connectivity index (χ0n) is 11.6. The van der Waals surface area contributed by atoms with Gasteiger partial charge < -0.3 is 10.1 Å². The van der Waals surface area contributed by atoms with E-state index in [1.165, 1.54) is 0 Å². The van der Waals surface area contributed by atoms with Gasteiger partial charge in [-0.25, -0.2) is 4.98 Å². The number of halogens is 1. The van der Waals surface area contributed by atoms with E-state index in [1.807, 2.05) is 6.92 Å². The van der Waals surface area contributed by atoms with Gasteiger partial charge in [0.1, 0.15) is 18.0 Å². The van der Waals surface area contributed by atoms with Gasteiger partial charge in [0, 0.05) is 16.3 Å². The number of hydrogen-bond acceptors (Lipinski definition) is 3. The van der Waals surface area contributed by atoms with Crippen molar-refractivity contribution < 1.29 is 9.90 Å². The molecule has 3 rings (SSSR count). The number of aliphatic carboxylic acids is 1. The molecule has 7 heteroatoms. The van der Waals surface area contributed by atoms with E-state index in [-0.39, 0.29) is 5.82 Å². The molecule has 1 aromatic carbocycles. The summed E-state index contributed by atoms with van der Waals surface area (Å²) in [6.07, 6.45) is 0. The first kappa shape index (κ1) is 14.3. The van der Waals surface area contributed by atoms with Gasteiger partial charge in [0.15, 0.2) is 0 Å². The Morgan fingerprint density at radius 1 is 1.41 bits per heavy atom. The Balaban J connectivity index is 2.35. The van der Waals surface area contributed by atoms with Crippen LogP contribution in [0.5, 0.6) is 0 Å². The maximum Gasteiger partial charge on any atom is 0.323 e. The molecule has 0 radical (unpaired) electrons. The zero-order chi connectivity index (χ0) is 15.9. The molecule has 2 heterocycles. The third kappa shape index (κ3) is 2.48. The van der Waals surface area contributed by atoms with Crippen molar-refractivity contribution in [3.05, 3.63) is 51.4 Å². The monoisotopic (exact) mass is 317 g/mol. The summed E-state index contributed by atoms with van der Waals surface area (Å²) in [6.45, 7) is 1.34. The van der Waals surface area contributed by atoms with Crippen molar-refractivity contribution in [3.8, 4) is 11.4 Å². The molecule has 0 fully saturated rings. The van der Waals surface area contributed by atoms with Crippen LogP contribution in [0.4, 0.5) is 0 Å². The van der Waals surface area contributed by atoms with Gasteiger partial charge in [-0.15, -0.1) is 0 Å². The molecule has 0 aliphatic heterocycles. The number of fused-ring (bicyclic) bond motifs is 1. The lowest BCUT2D eigenvalue weighted by atomic mass is 10.2. The van der Waals surface area contributed by atoms with E-state index in [0.717, 1.165) is 10.3 Å². The Morgan fingerprint density at radius 2 is 2.18 bits per heavy atom. The minimum atomic E-state index is -1.11. The van der Waals surface area contributed by atoms with Crippen molar-refractivity contribution in [1.82, 2.24) is 14.5 Å². The molecule has 0 aliphatic carbocycles. The number of carboxylic acids is 1. The summed E-state index contributed by atoms with van der Waals surface area (Å²) in [5.41, 5.74) is 1.40. The number of nitrogens with one attached hydrogen (secondary N) is 1. The highest BCUT2D eigenvalue weighted by Gasteiger charge is 2.16. The Hall–Kier alpha value is -2.60. The molecule has 0 atom stereocenters. The largest absolute Gasteiger partial charge is 0.480 e. The lowest BCUT2D eigenvalue weighted by Gasteiger charge is -2.10. The van der Waals surface area contributed by atoms with Crippen LogP contribution in [0.2, 0.25) is 5.02 Å². The molecule has 112 valence electrons. The highest BCUT2D eigenvalue weighted by atomic mass is 35.5. The molecule has 0 saturated heterocycles. The maximum atomic E-state index is 12.6. The van der Waals surface area contributed by atoms with Crippen LogP contribution in [-0.2, 0) is 11.3 Å². The number of aromatic nitrogens is 3. The second kappa shape index (κ2) is 5.31. The van der Waals surface area contributed by atoms with Crippen molar-refractivity contribution in [2.75, 3.05) is 0 Å². The van der Waals surface area contributed by atoms with Gasteiger partial charge >= 0.3 is 5.97 Å². The molecule has 3 aromatic rings. The summed E-state index contributed by atoms with van der Waals surface area (Å²) in [5, 5.41) is 9.92. The molecule has 0 amide bonds. The molecule has 22 heavy (non-hydrogen) atoms. The molecule has 0 unspecified atom stereocenters. The maximum absolute atomic E-state index is 12.6. The summed E-state index contributed by atoms with van der Waals surface area (Å²) in [6, 6.07) is 8.45. The van der Waals surface area contributed by atoms with Gasteiger partial charge in [0.2, 0.25) is 0 Å². The van der Waals surface area contributed by atoms with Crippen LogP contribution >= 0.6 is 11.6 Å². The van der Waals surface area contributed by atoms with Crippen molar-refractivity contribution in [2.45, 2.75) is 13.5 Å². The van der Waals surface area contributed by atoms with Crippen LogP contribution in [0, 0.1) is 6.92 Å². The number of H-pyrrole nitrogens is 1. The minimum absolute atomic E-state index is 0.268. The fourth-order valence-corrected chi connectivity index (χ4v) is 2.55. The predicted molar refractivity (Wildman–Crippen MR) is 83.2 cm³/mol. The zero-order valence-corrected chi connectivity index (χ0v) is 12.4. The van der Waals surface area contributed by atoms with E-state index in [0.29, 0.717) is 21.6 Å². The molecule has 2 N–H and O–H groups in total. The Bertz CT molecular complexity index is 943. The van der Waals surface area contributed by atoms with Crippen LogP contribution < -0.4 is 5.56 Å². The first-order chi connectivity index (χ1) is 10.5. The smallest absolute Gasteiger partial charge is 0.323 e. The number of aromatic amines is 1. The number of benzene rings is 1. The van der Waals surface area contributed by atoms with Crippen LogP contribution in [0.25, 0.3) is 22.4 Å². The predicted octanol–water partition coefficient (Wildman–Crippen LogP) is 2.44. The first-order valence-corrected chi connectivity index (χ1v) is 6.91. The van der Waals surface area contributed by atoms with Gasteiger partial charge in [-0.05, 0) is 25.1 Å². The molecule has 0 bridgehead atoms. The summed E-state index contributed by atoms with van der Waals surface area (Å²) < 4.78 is 1.14. The third-order valence-electron chi connectivity index (χ3n) is 3.26. The van der Waals surface area contributed by atoms with Gasteiger partial charge in [0.25, 0.3) is 5.56 Å². The van der Waals surface area contributed by atoms with Gasteiger partial charge in [0.05, 0.1) is 5.39 Å². The van der Waals surface area contributed by atoms with Crippen LogP contribution in [0.3, 0.4) is 0 Å². The molecule has 2 aromatic heterocycles. The lowest BCUT2D eigenvalue weighted by molar-refractivity contribution is -0.137. The number of hydrogen-bond donors (Lipinski definition) is 2. The highest BCUT2D eigenvalue weighted by Crippen LogP contribution is 2.22. The quantitative estimate of drug-likeness (QED) is 0.776. The summed E-state index contributed by atoms with van der Waals surface area (Å²) in [7, 11) is 0. The van der Waals surface area contributed by atoms with Crippen molar-refractivity contribution in [1.29, 1.82) is 0 Å². The molecule has 0 aliphatic rings. The SMILES string of the molecule is Cc1cc2c(=O)n(CC(=O)O)c(-c3cccc(Cl)c3)nc2[nH]1. The van der Waals surface area contributed by atoms with Crippen molar-refractivity contribution >= 4 is 28.6 Å². The number of aryl methyl sites for hydroxylation is 1. The molecule has 0 spiro atoms. The van der Waals surface area contributed by atoms with Crippen molar-refractivity contribution in [3.63, 3.8) is 0 Å². The Labute approximate surface area is 130 Å². The third-order valence-corrected chi connectivity index (χ3v) is 3.49. The summed E-state index contributed by atoms with van der Waals surface area (Å²) in [4.78, 5) is 31.1. The summed E-state index contributed by atoms with van der Waals surface area (Å²) in [5.74, 6) is -0.844. The fourth-order valence-electron chi connectivity index (χ4n) is 2.36. The fraction of sp³-hybridized carbons (Fsp3) is 0.133. The summed E-state index contributed by atoms with van der Waals surface area (Å²) >= 11 is 5.98. The molecule has 6 nitrogen and oxygen atoms in total. The van der Waals surface area contributed by atoms with E-state index < -0.39 is 18.1 Å². The molecular weight excluding hydrogens is 306 g/mol. The average molecular weight is 318 g/mol.